The second-order valence-electron chi connectivity index (χ2n) is 8.00. The number of carbonyl (C=O) groups excluding carboxylic acids is 1. The summed E-state index contributed by atoms with van der Waals surface area (Å²) in [4.78, 5) is 14.8. The van der Waals surface area contributed by atoms with E-state index in [1.54, 1.807) is 0 Å². The highest BCUT2D eigenvalue weighted by Gasteiger charge is 2.59. The zero-order valence-corrected chi connectivity index (χ0v) is 12.7. The predicted octanol–water partition coefficient (Wildman–Crippen LogP) is 2.27. The van der Waals surface area contributed by atoms with Gasteiger partial charge in [0.2, 0.25) is 5.91 Å². The van der Waals surface area contributed by atoms with Crippen LogP contribution in [-0.4, -0.2) is 37.0 Å². The highest BCUT2D eigenvalue weighted by atomic mass is 16.2. The van der Waals surface area contributed by atoms with Gasteiger partial charge in [-0.2, -0.15) is 0 Å². The molecule has 1 saturated carbocycles. The second-order valence-corrected chi connectivity index (χ2v) is 8.00. The number of piperidine rings is 1. The molecule has 1 N–H and O–H groups in total. The van der Waals surface area contributed by atoms with Crippen molar-refractivity contribution in [3.05, 3.63) is 0 Å². The van der Waals surface area contributed by atoms with Crippen LogP contribution in [0.25, 0.3) is 0 Å². The van der Waals surface area contributed by atoms with Crippen molar-refractivity contribution in [1.82, 2.24) is 10.2 Å². The van der Waals surface area contributed by atoms with E-state index < -0.39 is 0 Å². The zero-order valence-electron chi connectivity index (χ0n) is 12.7. The first-order valence-corrected chi connectivity index (χ1v) is 7.92. The Balaban J connectivity index is 1.58. The van der Waals surface area contributed by atoms with Gasteiger partial charge < -0.3 is 10.2 Å². The van der Waals surface area contributed by atoms with E-state index in [4.69, 9.17) is 0 Å². The van der Waals surface area contributed by atoms with Crippen LogP contribution in [0.15, 0.2) is 0 Å². The van der Waals surface area contributed by atoms with Gasteiger partial charge in [0, 0.05) is 19.0 Å². The first-order valence-electron chi connectivity index (χ1n) is 7.92. The topological polar surface area (TPSA) is 32.3 Å². The Labute approximate surface area is 117 Å². The molecule has 0 aromatic rings. The molecule has 3 aliphatic rings. The Morgan fingerprint density at radius 2 is 1.95 bits per heavy atom. The van der Waals surface area contributed by atoms with Crippen LogP contribution in [0.4, 0.5) is 0 Å². The van der Waals surface area contributed by atoms with Crippen molar-refractivity contribution in [3.8, 4) is 0 Å². The zero-order chi connectivity index (χ0) is 13.7. The highest BCUT2D eigenvalue weighted by molar-refractivity contribution is 5.83. The molecular formula is C16H28N2O. The second kappa shape index (κ2) is 4.47. The smallest absolute Gasteiger partial charge is 0.226 e. The maximum atomic E-state index is 12.7. The molecule has 3 rings (SSSR count). The summed E-state index contributed by atoms with van der Waals surface area (Å²) in [5, 5.41) is 3.41. The van der Waals surface area contributed by atoms with Crippen molar-refractivity contribution in [3.63, 3.8) is 0 Å². The van der Waals surface area contributed by atoms with Gasteiger partial charge in [0.25, 0.3) is 0 Å². The van der Waals surface area contributed by atoms with Crippen LogP contribution >= 0.6 is 0 Å². The number of likely N-dealkylation sites (tertiary alicyclic amines) is 1. The van der Waals surface area contributed by atoms with Crippen LogP contribution in [-0.2, 0) is 4.79 Å². The lowest BCUT2D eigenvalue weighted by molar-refractivity contribution is -0.132. The molecule has 108 valence electrons. The Morgan fingerprint density at radius 1 is 1.26 bits per heavy atom. The fourth-order valence-electron chi connectivity index (χ4n) is 4.06. The summed E-state index contributed by atoms with van der Waals surface area (Å²) in [6.07, 6.45) is 4.76. The largest absolute Gasteiger partial charge is 0.342 e. The number of hydrogen-bond donors (Lipinski definition) is 1. The van der Waals surface area contributed by atoms with Gasteiger partial charge in [0.05, 0.1) is 0 Å². The summed E-state index contributed by atoms with van der Waals surface area (Å²) in [5.41, 5.74) is 0.729. The first-order chi connectivity index (χ1) is 8.92. The molecule has 3 fully saturated rings. The van der Waals surface area contributed by atoms with E-state index >= 15 is 0 Å². The predicted molar refractivity (Wildman–Crippen MR) is 76.8 cm³/mol. The number of carbonyl (C=O) groups is 1. The van der Waals surface area contributed by atoms with Gasteiger partial charge in [0.15, 0.2) is 0 Å². The molecule has 1 amide bonds. The molecule has 2 atom stereocenters. The minimum Gasteiger partial charge on any atom is -0.342 e. The molecule has 3 nitrogen and oxygen atoms in total. The molecule has 19 heavy (non-hydrogen) atoms. The van der Waals surface area contributed by atoms with Crippen molar-refractivity contribution >= 4 is 5.91 Å². The Morgan fingerprint density at radius 3 is 2.53 bits per heavy atom. The van der Waals surface area contributed by atoms with E-state index in [0.717, 1.165) is 32.6 Å². The summed E-state index contributed by atoms with van der Waals surface area (Å²) in [5.74, 6) is 1.50. The third-order valence-corrected chi connectivity index (χ3v) is 5.81. The third-order valence-electron chi connectivity index (χ3n) is 5.81. The molecule has 2 aliphatic heterocycles. The quantitative estimate of drug-likeness (QED) is 0.788. The van der Waals surface area contributed by atoms with E-state index in [9.17, 15) is 4.79 Å². The summed E-state index contributed by atoms with van der Waals surface area (Å²) < 4.78 is 0. The maximum Gasteiger partial charge on any atom is 0.226 e. The fraction of sp³-hybridized carbons (Fsp3) is 0.938. The lowest BCUT2D eigenvalue weighted by Gasteiger charge is -2.28. The van der Waals surface area contributed by atoms with Crippen molar-refractivity contribution in [2.75, 3.05) is 26.2 Å². The molecule has 0 aromatic carbocycles. The molecule has 1 spiro atoms. The molecule has 1 aliphatic carbocycles. The minimum absolute atomic E-state index is 0.338. The number of hydrogen-bond acceptors (Lipinski definition) is 2. The van der Waals surface area contributed by atoms with Gasteiger partial charge in [0.1, 0.15) is 0 Å². The number of nitrogens with zero attached hydrogens (tertiary/aromatic N) is 1. The molecule has 0 radical (unpaired) electrons. The van der Waals surface area contributed by atoms with E-state index in [1.807, 2.05) is 0 Å². The summed E-state index contributed by atoms with van der Waals surface area (Å²) in [7, 11) is 0. The first kappa shape index (κ1) is 13.4. The fourth-order valence-corrected chi connectivity index (χ4v) is 4.06. The Bertz CT molecular complexity index is 365. The Hall–Kier alpha value is -0.570. The van der Waals surface area contributed by atoms with E-state index in [1.165, 1.54) is 19.3 Å². The van der Waals surface area contributed by atoms with Gasteiger partial charge in [-0.1, -0.05) is 20.8 Å². The summed E-state index contributed by atoms with van der Waals surface area (Å²) in [6.45, 7) is 11.1. The van der Waals surface area contributed by atoms with Crippen molar-refractivity contribution < 1.29 is 4.79 Å². The van der Waals surface area contributed by atoms with Crippen LogP contribution in [0.3, 0.4) is 0 Å². The third kappa shape index (κ3) is 2.42. The van der Waals surface area contributed by atoms with Crippen LogP contribution in [0.1, 0.15) is 46.5 Å². The SMILES string of the molecule is CC(C)(C)C1CCN(C(=O)C2CC23CCNCC3)C1. The van der Waals surface area contributed by atoms with E-state index in [2.05, 4.69) is 31.0 Å². The maximum absolute atomic E-state index is 12.7. The standard InChI is InChI=1S/C16H28N2O/c1-15(2,3)12-4-9-18(11-12)14(19)13-10-16(13)5-7-17-8-6-16/h12-13,17H,4-11H2,1-3H3. The van der Waals surface area contributed by atoms with Crippen molar-refractivity contribution in [1.29, 1.82) is 0 Å². The lowest BCUT2D eigenvalue weighted by atomic mass is 9.80. The van der Waals surface area contributed by atoms with Gasteiger partial charge >= 0.3 is 0 Å². The minimum atomic E-state index is 0.338. The van der Waals surface area contributed by atoms with E-state index in [-0.39, 0.29) is 0 Å². The van der Waals surface area contributed by atoms with Gasteiger partial charge in [-0.25, -0.2) is 0 Å². The van der Waals surface area contributed by atoms with Gasteiger partial charge in [-0.3, -0.25) is 4.79 Å². The summed E-state index contributed by atoms with van der Waals surface area (Å²) in [6, 6.07) is 0. The molecule has 0 bridgehead atoms. The van der Waals surface area contributed by atoms with Crippen LogP contribution in [0, 0.1) is 22.7 Å². The van der Waals surface area contributed by atoms with Crippen LogP contribution < -0.4 is 5.32 Å². The normalized spacial score (nSPS) is 33.7. The lowest BCUT2D eigenvalue weighted by Crippen LogP contribution is -2.36. The van der Waals surface area contributed by atoms with Gasteiger partial charge in [-0.15, -0.1) is 0 Å². The van der Waals surface area contributed by atoms with Crippen LogP contribution in [0.2, 0.25) is 0 Å². The monoisotopic (exact) mass is 264 g/mol. The molecule has 2 unspecified atom stereocenters. The number of nitrogens with one attached hydrogen (secondary N) is 1. The number of rotatable bonds is 1. The summed E-state index contributed by atoms with van der Waals surface area (Å²) >= 11 is 0. The van der Waals surface area contributed by atoms with Crippen LogP contribution in [0.5, 0.6) is 0 Å². The van der Waals surface area contributed by atoms with Crippen molar-refractivity contribution in [2.24, 2.45) is 22.7 Å². The molecule has 0 aromatic heterocycles. The molecular weight excluding hydrogens is 236 g/mol. The number of amides is 1. The average Bonchev–Trinajstić information content (AvgIpc) is 2.84. The molecule has 2 saturated heterocycles. The Kier molecular flexibility index (Phi) is 3.16. The van der Waals surface area contributed by atoms with Gasteiger partial charge in [-0.05, 0) is 55.5 Å². The molecule has 2 heterocycles. The highest BCUT2D eigenvalue weighted by Crippen LogP contribution is 2.59. The average molecular weight is 264 g/mol. The van der Waals surface area contributed by atoms with E-state index in [0.29, 0.717) is 28.6 Å². The van der Waals surface area contributed by atoms with Crippen molar-refractivity contribution in [2.45, 2.75) is 46.5 Å². The molecule has 3 heteroatoms.